The number of rotatable bonds is 6. The van der Waals surface area contributed by atoms with Crippen molar-refractivity contribution in [2.75, 3.05) is 19.8 Å². The Labute approximate surface area is 172 Å². The van der Waals surface area contributed by atoms with Gasteiger partial charge >= 0.3 is 12.1 Å². The number of halogens is 3. The maximum Gasteiger partial charge on any atom is 0.416 e. The number of benzene rings is 2. The van der Waals surface area contributed by atoms with Crippen LogP contribution >= 0.6 is 0 Å². The molecule has 0 saturated carbocycles. The topological polar surface area (TPSA) is 64.6 Å². The van der Waals surface area contributed by atoms with Crippen LogP contribution in [0.25, 0.3) is 0 Å². The number of alkyl halides is 3. The Morgan fingerprint density at radius 3 is 2.40 bits per heavy atom. The predicted molar refractivity (Wildman–Crippen MR) is 102 cm³/mol. The Bertz CT molecular complexity index is 877. The summed E-state index contributed by atoms with van der Waals surface area (Å²) in [6.45, 7) is 0.180. The molecule has 0 spiro atoms. The van der Waals surface area contributed by atoms with E-state index in [2.05, 4.69) is 5.32 Å². The van der Waals surface area contributed by atoms with E-state index in [1.807, 2.05) is 18.2 Å². The van der Waals surface area contributed by atoms with E-state index in [-0.39, 0.29) is 44.8 Å². The van der Waals surface area contributed by atoms with Crippen molar-refractivity contribution in [3.63, 3.8) is 0 Å². The Hall–Kier alpha value is -2.87. The lowest BCUT2D eigenvalue weighted by atomic mass is 9.73. The van der Waals surface area contributed by atoms with Gasteiger partial charge in [0.25, 0.3) is 0 Å². The molecule has 8 heteroatoms. The van der Waals surface area contributed by atoms with E-state index in [0.717, 1.165) is 17.7 Å². The van der Waals surface area contributed by atoms with Crippen LogP contribution in [0.3, 0.4) is 0 Å². The van der Waals surface area contributed by atoms with Gasteiger partial charge in [-0.3, -0.25) is 9.59 Å². The highest BCUT2D eigenvalue weighted by atomic mass is 19.4. The van der Waals surface area contributed by atoms with Gasteiger partial charge in [0.1, 0.15) is 13.2 Å². The summed E-state index contributed by atoms with van der Waals surface area (Å²) in [6.07, 6.45) is -4.07. The van der Waals surface area contributed by atoms with Crippen LogP contribution in [0, 0.1) is 0 Å². The average molecular weight is 421 g/mol. The van der Waals surface area contributed by atoms with Crippen molar-refractivity contribution in [1.29, 1.82) is 0 Å². The van der Waals surface area contributed by atoms with Gasteiger partial charge in [0.05, 0.1) is 11.0 Å². The quantitative estimate of drug-likeness (QED) is 0.724. The summed E-state index contributed by atoms with van der Waals surface area (Å²) in [6, 6.07) is 13.8. The summed E-state index contributed by atoms with van der Waals surface area (Å²) in [5.74, 6) is -1.14. The molecule has 0 aromatic heterocycles. The lowest BCUT2D eigenvalue weighted by molar-refractivity contribution is -0.146. The van der Waals surface area contributed by atoms with Crippen molar-refractivity contribution in [1.82, 2.24) is 5.32 Å². The third kappa shape index (κ3) is 5.18. The number of amides is 1. The van der Waals surface area contributed by atoms with Gasteiger partial charge in [0.2, 0.25) is 5.91 Å². The van der Waals surface area contributed by atoms with Crippen LogP contribution in [-0.4, -0.2) is 31.6 Å². The highest BCUT2D eigenvalue weighted by molar-refractivity contribution is 5.90. The molecule has 5 nitrogen and oxygen atoms in total. The van der Waals surface area contributed by atoms with Crippen molar-refractivity contribution in [3.8, 4) is 0 Å². The van der Waals surface area contributed by atoms with Gasteiger partial charge in [-0.2, -0.15) is 13.2 Å². The number of hydrogen-bond donors (Lipinski definition) is 1. The van der Waals surface area contributed by atoms with E-state index >= 15 is 0 Å². The standard InChI is InChI=1S/C22H22F3NO4/c23-22(24,25)18-8-4-7-17(13-18)21(9-11-29-12-10-21)20(28)26-14-19(27)30-15-16-5-2-1-3-6-16/h1-8,13H,9-12,14-15H2,(H,26,28). The minimum Gasteiger partial charge on any atom is -0.460 e. The normalized spacial score (nSPS) is 16.0. The number of nitrogens with one attached hydrogen (secondary N) is 1. The first-order chi connectivity index (χ1) is 14.3. The molecule has 1 aliphatic heterocycles. The van der Waals surface area contributed by atoms with Crippen LogP contribution in [0.15, 0.2) is 54.6 Å². The van der Waals surface area contributed by atoms with E-state index in [1.54, 1.807) is 12.1 Å². The maximum absolute atomic E-state index is 13.2. The second-order valence-corrected chi connectivity index (χ2v) is 7.10. The predicted octanol–water partition coefficient (Wildman–Crippen LogP) is 3.61. The minimum absolute atomic E-state index is 0.0716. The SMILES string of the molecule is O=C(CNC(=O)C1(c2cccc(C(F)(F)F)c2)CCOCC1)OCc1ccccc1. The number of hydrogen-bond acceptors (Lipinski definition) is 4. The van der Waals surface area contributed by atoms with Gasteiger partial charge in [-0.25, -0.2) is 0 Å². The van der Waals surface area contributed by atoms with Gasteiger partial charge in [0.15, 0.2) is 0 Å². The molecule has 30 heavy (non-hydrogen) atoms. The van der Waals surface area contributed by atoms with Crippen LogP contribution in [-0.2, 0) is 37.3 Å². The molecular formula is C22H22F3NO4. The molecular weight excluding hydrogens is 399 g/mol. The van der Waals surface area contributed by atoms with Crippen LogP contribution in [0.2, 0.25) is 0 Å². The summed E-state index contributed by atoms with van der Waals surface area (Å²) in [4.78, 5) is 25.0. The van der Waals surface area contributed by atoms with Gasteiger partial charge in [-0.05, 0) is 30.0 Å². The fraction of sp³-hybridized carbons (Fsp3) is 0.364. The van der Waals surface area contributed by atoms with Crippen molar-refractivity contribution < 1.29 is 32.2 Å². The Morgan fingerprint density at radius 2 is 1.73 bits per heavy atom. The molecule has 1 heterocycles. The molecule has 1 amide bonds. The molecule has 1 aliphatic rings. The molecule has 0 unspecified atom stereocenters. The molecule has 1 N–H and O–H groups in total. The highest BCUT2D eigenvalue weighted by Crippen LogP contribution is 2.38. The minimum atomic E-state index is -4.51. The fourth-order valence-electron chi connectivity index (χ4n) is 3.47. The zero-order chi connectivity index (χ0) is 21.6. The van der Waals surface area contributed by atoms with E-state index in [4.69, 9.17) is 9.47 Å². The maximum atomic E-state index is 13.2. The zero-order valence-electron chi connectivity index (χ0n) is 16.2. The zero-order valence-corrected chi connectivity index (χ0v) is 16.2. The van der Waals surface area contributed by atoms with Gasteiger partial charge in [0, 0.05) is 13.2 Å². The summed E-state index contributed by atoms with van der Waals surface area (Å²) in [7, 11) is 0. The third-order valence-corrected chi connectivity index (χ3v) is 5.16. The molecule has 0 atom stereocenters. The third-order valence-electron chi connectivity index (χ3n) is 5.16. The lowest BCUT2D eigenvalue weighted by Crippen LogP contribution is -2.49. The highest BCUT2D eigenvalue weighted by Gasteiger charge is 2.43. The first kappa shape index (κ1) is 21.8. The van der Waals surface area contributed by atoms with Crippen molar-refractivity contribution in [2.45, 2.75) is 31.0 Å². The summed E-state index contributed by atoms with van der Waals surface area (Å²) in [5.41, 5.74) is -0.946. The molecule has 160 valence electrons. The molecule has 3 rings (SSSR count). The van der Waals surface area contributed by atoms with E-state index in [9.17, 15) is 22.8 Å². The molecule has 1 fully saturated rings. The van der Waals surface area contributed by atoms with Gasteiger partial charge in [-0.15, -0.1) is 0 Å². The van der Waals surface area contributed by atoms with Crippen LogP contribution in [0.5, 0.6) is 0 Å². The second kappa shape index (κ2) is 9.30. The summed E-state index contributed by atoms with van der Waals surface area (Å²) in [5, 5.41) is 2.54. The molecule has 0 bridgehead atoms. The monoisotopic (exact) mass is 421 g/mol. The number of esters is 1. The second-order valence-electron chi connectivity index (χ2n) is 7.10. The van der Waals surface area contributed by atoms with Gasteiger partial charge in [-0.1, -0.05) is 48.5 Å². The smallest absolute Gasteiger partial charge is 0.416 e. The first-order valence-corrected chi connectivity index (χ1v) is 9.55. The van der Waals surface area contributed by atoms with Crippen LogP contribution in [0.1, 0.15) is 29.5 Å². The molecule has 0 radical (unpaired) electrons. The number of carbonyl (C=O) groups is 2. The fourth-order valence-corrected chi connectivity index (χ4v) is 3.47. The van der Waals surface area contributed by atoms with E-state index in [0.29, 0.717) is 0 Å². The van der Waals surface area contributed by atoms with Crippen molar-refractivity contribution >= 4 is 11.9 Å². The molecule has 1 saturated heterocycles. The Morgan fingerprint density at radius 1 is 1.03 bits per heavy atom. The summed E-state index contributed by atoms with van der Waals surface area (Å²) < 4.78 is 49.9. The number of carbonyl (C=O) groups excluding carboxylic acids is 2. The lowest BCUT2D eigenvalue weighted by Gasteiger charge is -2.36. The Balaban J connectivity index is 1.69. The largest absolute Gasteiger partial charge is 0.460 e. The average Bonchev–Trinajstić information content (AvgIpc) is 2.76. The number of ether oxygens (including phenoxy) is 2. The van der Waals surface area contributed by atoms with Crippen molar-refractivity contribution in [3.05, 3.63) is 71.3 Å². The Kier molecular flexibility index (Phi) is 6.77. The van der Waals surface area contributed by atoms with E-state index in [1.165, 1.54) is 12.1 Å². The summed E-state index contributed by atoms with van der Waals surface area (Å²) >= 11 is 0. The van der Waals surface area contributed by atoms with E-state index < -0.39 is 29.0 Å². The van der Waals surface area contributed by atoms with Crippen molar-refractivity contribution in [2.24, 2.45) is 0 Å². The van der Waals surface area contributed by atoms with Crippen LogP contribution < -0.4 is 5.32 Å². The first-order valence-electron chi connectivity index (χ1n) is 9.55. The molecule has 0 aliphatic carbocycles. The van der Waals surface area contributed by atoms with Crippen LogP contribution in [0.4, 0.5) is 13.2 Å². The molecule has 2 aromatic carbocycles. The molecule has 2 aromatic rings. The van der Waals surface area contributed by atoms with Gasteiger partial charge < -0.3 is 14.8 Å².